The Morgan fingerprint density at radius 1 is 1.70 bits per heavy atom. The Labute approximate surface area is 123 Å². The maximum absolute atomic E-state index is 12.1. The molecule has 0 bridgehead atoms. The van der Waals surface area contributed by atoms with Crippen LogP contribution in [0.1, 0.15) is 15.2 Å². The van der Waals surface area contributed by atoms with Crippen LogP contribution in [0.25, 0.3) is 0 Å². The van der Waals surface area contributed by atoms with Crippen LogP contribution in [-0.4, -0.2) is 56.7 Å². The van der Waals surface area contributed by atoms with E-state index in [0.29, 0.717) is 24.6 Å². The fraction of sp³-hybridized carbons (Fsp3) is 0.500. The monoisotopic (exact) mass is 293 g/mol. The minimum Gasteiger partial charge on any atom is -0.374 e. The molecule has 1 aromatic rings. The van der Waals surface area contributed by atoms with E-state index in [0.717, 1.165) is 18.7 Å². The lowest BCUT2D eigenvalue weighted by Crippen LogP contribution is -2.45. The van der Waals surface area contributed by atoms with Crippen molar-refractivity contribution in [3.8, 4) is 11.8 Å². The van der Waals surface area contributed by atoms with Crippen molar-refractivity contribution in [1.82, 2.24) is 10.2 Å². The second-order valence-electron chi connectivity index (χ2n) is 4.63. The van der Waals surface area contributed by atoms with Gasteiger partial charge in [-0.1, -0.05) is 11.8 Å². The fourth-order valence-electron chi connectivity index (χ4n) is 2.01. The largest absolute Gasteiger partial charge is 0.374 e. The molecule has 108 valence electrons. The summed E-state index contributed by atoms with van der Waals surface area (Å²) in [5, 5.41) is 4.77. The molecule has 1 amide bonds. The van der Waals surface area contributed by atoms with Gasteiger partial charge >= 0.3 is 0 Å². The van der Waals surface area contributed by atoms with E-state index in [1.54, 1.807) is 0 Å². The van der Waals surface area contributed by atoms with Crippen LogP contribution in [0.2, 0.25) is 0 Å². The number of hydrogen-bond donors (Lipinski definition) is 2. The van der Waals surface area contributed by atoms with Crippen molar-refractivity contribution in [3.63, 3.8) is 0 Å². The Kier molecular flexibility index (Phi) is 5.56. The Morgan fingerprint density at radius 3 is 3.30 bits per heavy atom. The number of rotatable bonds is 3. The number of nitrogens with two attached hydrogens (primary N) is 1. The predicted octanol–water partition coefficient (Wildman–Crippen LogP) is 0.119. The van der Waals surface area contributed by atoms with Gasteiger partial charge in [0.2, 0.25) is 0 Å². The van der Waals surface area contributed by atoms with E-state index in [1.807, 2.05) is 11.4 Å². The highest BCUT2D eigenvalue weighted by Gasteiger charge is 2.19. The zero-order chi connectivity index (χ0) is 14.4. The summed E-state index contributed by atoms with van der Waals surface area (Å²) in [6.07, 6.45) is 0.0521. The summed E-state index contributed by atoms with van der Waals surface area (Å²) in [5.41, 5.74) is 6.08. The molecule has 1 saturated heterocycles. The van der Waals surface area contributed by atoms with Gasteiger partial charge in [0.15, 0.2) is 0 Å². The van der Waals surface area contributed by atoms with Gasteiger partial charge in [0.25, 0.3) is 5.91 Å². The Hall–Kier alpha value is -1.39. The van der Waals surface area contributed by atoms with Crippen molar-refractivity contribution < 1.29 is 9.53 Å². The molecule has 0 radical (unpaired) electrons. The molecule has 2 rings (SSSR count). The van der Waals surface area contributed by atoms with Gasteiger partial charge in [-0.25, -0.2) is 0 Å². The van der Waals surface area contributed by atoms with E-state index in [2.05, 4.69) is 29.1 Å². The van der Waals surface area contributed by atoms with Crippen LogP contribution in [0.3, 0.4) is 0 Å². The highest BCUT2D eigenvalue weighted by atomic mass is 32.1. The molecular formula is C14H19N3O2S. The van der Waals surface area contributed by atoms with Gasteiger partial charge in [-0.2, -0.15) is 0 Å². The average molecular weight is 293 g/mol. The minimum atomic E-state index is -0.0989. The molecule has 1 unspecified atom stereocenters. The van der Waals surface area contributed by atoms with E-state index in [1.165, 1.54) is 11.3 Å². The molecule has 20 heavy (non-hydrogen) atoms. The first-order valence-corrected chi connectivity index (χ1v) is 7.43. The molecule has 0 aliphatic carbocycles. The van der Waals surface area contributed by atoms with E-state index in [9.17, 15) is 4.79 Å². The van der Waals surface area contributed by atoms with Crippen LogP contribution >= 0.6 is 11.3 Å². The van der Waals surface area contributed by atoms with Crippen LogP contribution in [0.4, 0.5) is 0 Å². The highest BCUT2D eigenvalue weighted by molar-refractivity contribution is 7.12. The van der Waals surface area contributed by atoms with E-state index < -0.39 is 0 Å². The number of nitrogens with zero attached hydrogens (tertiary/aromatic N) is 1. The van der Waals surface area contributed by atoms with Gasteiger partial charge in [-0.15, -0.1) is 11.3 Å². The number of carbonyl (C=O) groups excluding carboxylic acids is 1. The number of amides is 1. The van der Waals surface area contributed by atoms with Crippen molar-refractivity contribution in [3.05, 3.63) is 21.9 Å². The second kappa shape index (κ2) is 7.41. The minimum absolute atomic E-state index is 0.0521. The molecule has 1 fully saturated rings. The number of hydrogen-bond acceptors (Lipinski definition) is 5. The van der Waals surface area contributed by atoms with Crippen molar-refractivity contribution >= 4 is 17.2 Å². The predicted molar refractivity (Wildman–Crippen MR) is 79.8 cm³/mol. The van der Waals surface area contributed by atoms with Crippen LogP contribution in [0.15, 0.2) is 11.4 Å². The standard InChI is InChI=1S/C14H19N3O2S/c1-17-6-7-19-12(10-17)9-16-14(18)13-11(3-2-5-15)4-8-20-13/h4,8,12H,5-7,9-10,15H2,1H3,(H,16,18). The zero-order valence-corrected chi connectivity index (χ0v) is 12.3. The van der Waals surface area contributed by atoms with Crippen molar-refractivity contribution in [2.75, 3.05) is 39.8 Å². The molecule has 0 spiro atoms. The molecule has 0 aromatic carbocycles. The van der Waals surface area contributed by atoms with E-state index in [-0.39, 0.29) is 12.0 Å². The molecule has 1 aliphatic heterocycles. The van der Waals surface area contributed by atoms with Crippen LogP contribution in [0, 0.1) is 11.8 Å². The Morgan fingerprint density at radius 2 is 2.55 bits per heavy atom. The number of carbonyl (C=O) groups is 1. The average Bonchev–Trinajstić information content (AvgIpc) is 2.91. The van der Waals surface area contributed by atoms with Crippen molar-refractivity contribution in [2.45, 2.75) is 6.10 Å². The maximum Gasteiger partial charge on any atom is 0.262 e. The number of likely N-dealkylation sites (N-methyl/N-ethyl adjacent to an activating group) is 1. The molecule has 0 saturated carbocycles. The second-order valence-corrected chi connectivity index (χ2v) is 5.55. The maximum atomic E-state index is 12.1. The first-order valence-electron chi connectivity index (χ1n) is 6.55. The number of ether oxygens (including phenoxy) is 1. The molecule has 1 aromatic heterocycles. The lowest BCUT2D eigenvalue weighted by molar-refractivity contribution is -0.0174. The molecule has 6 heteroatoms. The van der Waals surface area contributed by atoms with E-state index in [4.69, 9.17) is 10.5 Å². The molecular weight excluding hydrogens is 274 g/mol. The summed E-state index contributed by atoms with van der Waals surface area (Å²) in [7, 11) is 2.05. The number of thiophene rings is 1. The van der Waals surface area contributed by atoms with E-state index >= 15 is 0 Å². The van der Waals surface area contributed by atoms with Gasteiger partial charge in [0.05, 0.1) is 19.3 Å². The third-order valence-electron chi connectivity index (χ3n) is 3.03. The SMILES string of the molecule is CN1CCOC(CNC(=O)c2sccc2C#CCN)C1. The summed E-state index contributed by atoms with van der Waals surface area (Å²) in [6.45, 7) is 3.30. The number of morpholine rings is 1. The van der Waals surface area contributed by atoms with Gasteiger partial charge < -0.3 is 20.7 Å². The van der Waals surface area contributed by atoms with Crippen molar-refractivity contribution in [1.29, 1.82) is 0 Å². The third kappa shape index (κ3) is 4.05. The normalized spacial score (nSPS) is 19.2. The van der Waals surface area contributed by atoms with Crippen LogP contribution in [0.5, 0.6) is 0 Å². The lowest BCUT2D eigenvalue weighted by Gasteiger charge is -2.30. The first-order chi connectivity index (χ1) is 9.70. The summed E-state index contributed by atoms with van der Waals surface area (Å²) >= 11 is 1.39. The quantitative estimate of drug-likeness (QED) is 0.777. The molecule has 3 N–H and O–H groups in total. The van der Waals surface area contributed by atoms with Gasteiger partial charge in [0.1, 0.15) is 4.88 Å². The highest BCUT2D eigenvalue weighted by Crippen LogP contribution is 2.15. The van der Waals surface area contributed by atoms with Crippen molar-refractivity contribution in [2.24, 2.45) is 5.73 Å². The van der Waals surface area contributed by atoms with Crippen LogP contribution < -0.4 is 11.1 Å². The molecule has 5 nitrogen and oxygen atoms in total. The molecule has 1 aliphatic rings. The first kappa shape index (κ1) is 15.0. The lowest BCUT2D eigenvalue weighted by atomic mass is 10.2. The zero-order valence-electron chi connectivity index (χ0n) is 11.5. The topological polar surface area (TPSA) is 67.6 Å². The number of nitrogens with one attached hydrogen (secondary N) is 1. The summed E-state index contributed by atoms with van der Waals surface area (Å²) in [5.74, 6) is 5.59. The smallest absolute Gasteiger partial charge is 0.262 e. The van der Waals surface area contributed by atoms with Gasteiger partial charge in [-0.3, -0.25) is 4.79 Å². The van der Waals surface area contributed by atoms with Gasteiger partial charge in [0, 0.05) is 25.2 Å². The Balaban J connectivity index is 1.90. The summed E-state index contributed by atoms with van der Waals surface area (Å²) in [4.78, 5) is 15.0. The van der Waals surface area contributed by atoms with Gasteiger partial charge in [-0.05, 0) is 18.5 Å². The third-order valence-corrected chi connectivity index (χ3v) is 3.94. The summed E-state index contributed by atoms with van der Waals surface area (Å²) < 4.78 is 5.61. The molecule has 1 atom stereocenters. The van der Waals surface area contributed by atoms with Crippen LogP contribution in [-0.2, 0) is 4.74 Å². The fourth-order valence-corrected chi connectivity index (χ4v) is 2.77. The molecule has 2 heterocycles. The Bertz CT molecular complexity index is 518. The summed E-state index contributed by atoms with van der Waals surface area (Å²) in [6, 6.07) is 1.84.